The van der Waals surface area contributed by atoms with Crippen LogP contribution in [0.2, 0.25) is 0 Å². The van der Waals surface area contributed by atoms with Gasteiger partial charge in [0.05, 0.1) is 18.7 Å². The molecule has 0 radical (unpaired) electrons. The van der Waals surface area contributed by atoms with Gasteiger partial charge < -0.3 is 20.1 Å². The highest BCUT2D eigenvalue weighted by Gasteiger charge is 2.48. The first kappa shape index (κ1) is 25.2. The first-order chi connectivity index (χ1) is 17.5. The molecule has 1 unspecified atom stereocenters. The van der Waals surface area contributed by atoms with Gasteiger partial charge in [-0.1, -0.05) is 49.2 Å². The van der Waals surface area contributed by atoms with Gasteiger partial charge in [-0.15, -0.1) is 0 Å². The zero-order valence-electron chi connectivity index (χ0n) is 21.7. The summed E-state index contributed by atoms with van der Waals surface area (Å²) in [4.78, 5) is 7.05. The van der Waals surface area contributed by atoms with Crippen LogP contribution >= 0.6 is 0 Å². The Bertz CT molecular complexity index is 1080. The maximum absolute atomic E-state index is 14.4. The quantitative estimate of drug-likeness (QED) is 0.274. The van der Waals surface area contributed by atoms with Crippen LogP contribution in [-0.4, -0.2) is 37.9 Å². The number of aryl methyl sites for hydroxylation is 1. The molecule has 5 rings (SSSR count). The van der Waals surface area contributed by atoms with Crippen LogP contribution in [0.3, 0.4) is 0 Å². The van der Waals surface area contributed by atoms with E-state index in [1.54, 1.807) is 19.2 Å². The summed E-state index contributed by atoms with van der Waals surface area (Å²) in [5, 5.41) is 0. The predicted octanol–water partition coefficient (Wildman–Crippen LogP) is 5.76. The monoisotopic (exact) mass is 493 g/mol. The van der Waals surface area contributed by atoms with Crippen molar-refractivity contribution in [3.05, 3.63) is 70.5 Å². The van der Waals surface area contributed by atoms with Gasteiger partial charge in [0.2, 0.25) is 0 Å². The molecule has 3 aliphatic rings. The molecule has 3 aliphatic carbocycles. The predicted molar refractivity (Wildman–Crippen MR) is 141 cm³/mol. The Morgan fingerprint density at radius 1 is 1.11 bits per heavy atom. The van der Waals surface area contributed by atoms with Crippen LogP contribution in [0.25, 0.3) is 0 Å². The molecule has 1 spiro atoms. The summed E-state index contributed by atoms with van der Waals surface area (Å²) < 4.78 is 25.6. The van der Waals surface area contributed by atoms with Crippen molar-refractivity contribution < 1.29 is 13.9 Å². The maximum atomic E-state index is 14.4. The summed E-state index contributed by atoms with van der Waals surface area (Å²) in [6, 6.07) is 13.9. The molecule has 0 aliphatic heterocycles. The van der Waals surface area contributed by atoms with Gasteiger partial charge in [-0.2, -0.15) is 0 Å². The van der Waals surface area contributed by atoms with Gasteiger partial charge in [-0.3, -0.25) is 0 Å². The number of guanidine groups is 1. The molecule has 0 amide bonds. The Morgan fingerprint density at radius 3 is 2.58 bits per heavy atom. The second kappa shape index (κ2) is 10.9. The van der Waals surface area contributed by atoms with Crippen LogP contribution in [0.5, 0.6) is 0 Å². The van der Waals surface area contributed by atoms with Gasteiger partial charge in [-0.25, -0.2) is 9.38 Å². The molecule has 0 saturated heterocycles. The van der Waals surface area contributed by atoms with E-state index >= 15 is 0 Å². The van der Waals surface area contributed by atoms with Crippen molar-refractivity contribution in [2.24, 2.45) is 22.1 Å². The van der Waals surface area contributed by atoms with Crippen molar-refractivity contribution in [1.29, 1.82) is 0 Å². The SMILES string of the molecule is COCN(Cc1ccccc1F)/C(N)=N\C1c2cc(CCC3CC3)ccc2CC12CCC(OC)CC2. The van der Waals surface area contributed by atoms with Gasteiger partial charge in [0.15, 0.2) is 5.96 Å². The molecule has 6 heteroatoms. The fraction of sp³-hybridized carbons (Fsp3) is 0.567. The van der Waals surface area contributed by atoms with Gasteiger partial charge >= 0.3 is 0 Å². The summed E-state index contributed by atoms with van der Waals surface area (Å²) >= 11 is 0. The van der Waals surface area contributed by atoms with E-state index in [9.17, 15) is 4.39 Å². The standard InChI is InChI=1S/C30H40FN3O2/c1-35-20-34(19-24-5-3-4-6-27(24)31)29(32)33-28-26-17-22(10-9-21-7-8-21)11-12-23(26)18-30(28)15-13-25(36-2)14-16-30/h3-6,11-12,17,21,25,28H,7-10,13-16,18-20H2,1-2H3,(H2,32,33). The molecule has 2 aromatic carbocycles. The van der Waals surface area contributed by atoms with E-state index in [-0.39, 0.29) is 24.0 Å². The maximum Gasteiger partial charge on any atom is 0.194 e. The molecule has 2 fully saturated rings. The van der Waals surface area contributed by atoms with Gasteiger partial charge in [0.1, 0.15) is 12.5 Å². The van der Waals surface area contributed by atoms with Gasteiger partial charge in [-0.05, 0) is 73.6 Å². The highest BCUT2D eigenvalue weighted by atomic mass is 19.1. The zero-order valence-corrected chi connectivity index (χ0v) is 21.7. The fourth-order valence-corrected chi connectivity index (χ4v) is 6.25. The molecule has 36 heavy (non-hydrogen) atoms. The van der Waals surface area contributed by atoms with Crippen LogP contribution in [0, 0.1) is 17.2 Å². The second-order valence-corrected chi connectivity index (χ2v) is 11.1. The van der Waals surface area contributed by atoms with E-state index in [4.69, 9.17) is 20.2 Å². The first-order valence-corrected chi connectivity index (χ1v) is 13.5. The molecule has 0 heterocycles. The van der Waals surface area contributed by atoms with Crippen LogP contribution in [-0.2, 0) is 28.9 Å². The van der Waals surface area contributed by atoms with Gasteiger partial charge in [0, 0.05) is 25.2 Å². The number of fused-ring (bicyclic) bond motifs is 1. The van der Waals surface area contributed by atoms with Crippen LogP contribution in [0.4, 0.5) is 4.39 Å². The van der Waals surface area contributed by atoms with Gasteiger partial charge in [0.25, 0.3) is 0 Å². The normalized spacial score (nSPS) is 25.8. The third kappa shape index (κ3) is 5.45. The largest absolute Gasteiger partial charge is 0.381 e. The van der Waals surface area contributed by atoms with Crippen LogP contribution < -0.4 is 5.73 Å². The van der Waals surface area contributed by atoms with Crippen molar-refractivity contribution in [1.82, 2.24) is 4.90 Å². The van der Waals surface area contributed by atoms with E-state index in [2.05, 4.69) is 18.2 Å². The average Bonchev–Trinajstić information content (AvgIpc) is 3.68. The number of hydrogen-bond donors (Lipinski definition) is 1. The fourth-order valence-electron chi connectivity index (χ4n) is 6.25. The Balaban J connectivity index is 1.45. The van der Waals surface area contributed by atoms with Crippen molar-refractivity contribution >= 4 is 5.96 Å². The number of methoxy groups -OCH3 is 2. The Hall–Kier alpha value is -2.44. The lowest BCUT2D eigenvalue weighted by Gasteiger charge is -2.40. The molecule has 0 bridgehead atoms. The third-order valence-corrected chi connectivity index (χ3v) is 8.62. The Morgan fingerprint density at radius 2 is 1.89 bits per heavy atom. The summed E-state index contributed by atoms with van der Waals surface area (Å²) in [6.45, 7) is 0.568. The summed E-state index contributed by atoms with van der Waals surface area (Å²) in [7, 11) is 3.45. The lowest BCUT2D eigenvalue weighted by Crippen LogP contribution is -2.40. The molecule has 5 nitrogen and oxygen atoms in total. The Labute approximate surface area is 214 Å². The Kier molecular flexibility index (Phi) is 7.63. The van der Waals surface area contributed by atoms with E-state index in [1.165, 1.54) is 42.0 Å². The highest BCUT2D eigenvalue weighted by molar-refractivity contribution is 5.78. The number of rotatable bonds is 9. The minimum absolute atomic E-state index is 0.00819. The number of hydrogen-bond acceptors (Lipinski definition) is 3. The van der Waals surface area contributed by atoms with E-state index in [0.29, 0.717) is 24.2 Å². The zero-order chi connectivity index (χ0) is 25.1. The average molecular weight is 494 g/mol. The molecule has 0 aromatic heterocycles. The number of benzene rings is 2. The highest BCUT2D eigenvalue weighted by Crippen LogP contribution is 2.56. The molecular formula is C30H40FN3O2. The first-order valence-electron chi connectivity index (χ1n) is 13.5. The van der Waals surface area contributed by atoms with E-state index < -0.39 is 0 Å². The number of nitrogens with two attached hydrogens (primary N) is 1. The summed E-state index contributed by atoms with van der Waals surface area (Å²) in [6.07, 6.45) is 10.7. The minimum Gasteiger partial charge on any atom is -0.381 e. The van der Waals surface area contributed by atoms with E-state index in [1.807, 2.05) is 18.1 Å². The summed E-state index contributed by atoms with van der Waals surface area (Å²) in [5.74, 6) is 1.08. The van der Waals surface area contributed by atoms with E-state index in [0.717, 1.165) is 44.4 Å². The van der Waals surface area contributed by atoms with Crippen molar-refractivity contribution in [3.63, 3.8) is 0 Å². The molecule has 2 N–H and O–H groups in total. The smallest absolute Gasteiger partial charge is 0.194 e. The van der Waals surface area contributed by atoms with Crippen LogP contribution in [0.1, 0.15) is 73.2 Å². The number of ether oxygens (including phenoxy) is 2. The van der Waals surface area contributed by atoms with Crippen molar-refractivity contribution in [3.8, 4) is 0 Å². The number of aliphatic imine (C=N–C) groups is 1. The lowest BCUT2D eigenvalue weighted by molar-refractivity contribution is 0.0207. The van der Waals surface area contributed by atoms with Crippen molar-refractivity contribution in [2.45, 2.75) is 76.5 Å². The molecule has 2 aromatic rings. The molecule has 1 atom stereocenters. The molecule has 194 valence electrons. The minimum atomic E-state index is -0.243. The summed E-state index contributed by atoms with van der Waals surface area (Å²) in [5.41, 5.74) is 11.4. The number of halogens is 1. The number of nitrogens with zero attached hydrogens (tertiary/aromatic N) is 2. The second-order valence-electron chi connectivity index (χ2n) is 11.1. The topological polar surface area (TPSA) is 60.1 Å². The van der Waals surface area contributed by atoms with Crippen molar-refractivity contribution in [2.75, 3.05) is 21.0 Å². The molecule has 2 saturated carbocycles. The molecular weight excluding hydrogens is 453 g/mol. The lowest BCUT2D eigenvalue weighted by atomic mass is 9.68. The third-order valence-electron chi connectivity index (χ3n) is 8.62. The van der Waals surface area contributed by atoms with Crippen LogP contribution in [0.15, 0.2) is 47.5 Å².